The Bertz CT molecular complexity index is 647. The van der Waals surface area contributed by atoms with Crippen molar-refractivity contribution in [3.8, 4) is 0 Å². The van der Waals surface area contributed by atoms with Gasteiger partial charge >= 0.3 is 0 Å². The van der Waals surface area contributed by atoms with Gasteiger partial charge in [0.05, 0.1) is 10.7 Å². The van der Waals surface area contributed by atoms with Crippen molar-refractivity contribution in [1.29, 1.82) is 0 Å². The fourth-order valence-electron chi connectivity index (χ4n) is 1.57. The Morgan fingerprint density at radius 1 is 1.05 bits per heavy atom. The largest absolute Gasteiger partial charge is 0.389 e. The van der Waals surface area contributed by atoms with Crippen LogP contribution in [-0.2, 0) is 0 Å². The molecule has 0 unspecified atom stereocenters. The Kier molecular flexibility index (Phi) is 3.97. The standard InChI is InChI=1S/C13H9ClF2N2S/c14-10-6-8(16)2-4-12(10)18-11-3-1-7(15)5-9(11)13(17)19/h1-6,18H,(H2,17,19). The Labute approximate surface area is 119 Å². The predicted molar refractivity (Wildman–Crippen MR) is 77.0 cm³/mol. The monoisotopic (exact) mass is 298 g/mol. The molecule has 6 heteroatoms. The van der Waals surface area contributed by atoms with Gasteiger partial charge < -0.3 is 11.1 Å². The van der Waals surface area contributed by atoms with Gasteiger partial charge in [0.2, 0.25) is 0 Å². The summed E-state index contributed by atoms with van der Waals surface area (Å²) in [5.41, 5.74) is 6.87. The van der Waals surface area contributed by atoms with Crippen LogP contribution in [0.4, 0.5) is 20.2 Å². The molecular formula is C13H9ClF2N2S. The van der Waals surface area contributed by atoms with Gasteiger partial charge in [0.1, 0.15) is 16.6 Å². The lowest BCUT2D eigenvalue weighted by atomic mass is 10.1. The van der Waals surface area contributed by atoms with Gasteiger partial charge in [0.15, 0.2) is 0 Å². The van der Waals surface area contributed by atoms with Gasteiger partial charge in [-0.15, -0.1) is 0 Å². The number of hydrogen-bond donors (Lipinski definition) is 2. The molecule has 2 aromatic rings. The van der Waals surface area contributed by atoms with Crippen molar-refractivity contribution in [2.75, 3.05) is 5.32 Å². The molecule has 0 aliphatic rings. The Hall–Kier alpha value is -1.72. The summed E-state index contributed by atoms with van der Waals surface area (Å²) in [7, 11) is 0. The van der Waals surface area contributed by atoms with Crippen LogP contribution in [0.1, 0.15) is 5.56 Å². The molecule has 0 fully saturated rings. The first kappa shape index (κ1) is 13.7. The van der Waals surface area contributed by atoms with E-state index in [-0.39, 0.29) is 10.0 Å². The normalized spacial score (nSPS) is 10.3. The number of hydrogen-bond acceptors (Lipinski definition) is 2. The maximum atomic E-state index is 13.2. The summed E-state index contributed by atoms with van der Waals surface area (Å²) in [4.78, 5) is 0.0558. The molecule has 2 rings (SSSR count). The van der Waals surface area contributed by atoms with Gasteiger partial charge in [0.25, 0.3) is 0 Å². The van der Waals surface area contributed by atoms with Gasteiger partial charge in [-0.05, 0) is 36.4 Å². The highest BCUT2D eigenvalue weighted by molar-refractivity contribution is 7.80. The highest BCUT2D eigenvalue weighted by atomic mass is 35.5. The van der Waals surface area contributed by atoms with E-state index in [0.717, 1.165) is 0 Å². The fourth-order valence-corrected chi connectivity index (χ4v) is 1.95. The molecule has 0 amide bonds. The Morgan fingerprint density at radius 2 is 1.63 bits per heavy atom. The highest BCUT2D eigenvalue weighted by Crippen LogP contribution is 2.28. The van der Waals surface area contributed by atoms with Crippen molar-refractivity contribution in [1.82, 2.24) is 0 Å². The van der Waals surface area contributed by atoms with E-state index in [2.05, 4.69) is 5.32 Å². The van der Waals surface area contributed by atoms with Gasteiger partial charge in [-0.2, -0.15) is 0 Å². The van der Waals surface area contributed by atoms with Crippen LogP contribution >= 0.6 is 23.8 Å². The van der Waals surface area contributed by atoms with E-state index >= 15 is 0 Å². The molecule has 0 atom stereocenters. The molecule has 0 saturated carbocycles. The average Bonchev–Trinajstić information content (AvgIpc) is 2.34. The second-order valence-electron chi connectivity index (χ2n) is 3.80. The number of nitrogens with two attached hydrogens (primary N) is 1. The maximum absolute atomic E-state index is 13.2. The first-order chi connectivity index (χ1) is 8.97. The molecular weight excluding hydrogens is 290 g/mol. The fraction of sp³-hybridized carbons (Fsp3) is 0. The minimum atomic E-state index is -0.446. The highest BCUT2D eigenvalue weighted by Gasteiger charge is 2.09. The van der Waals surface area contributed by atoms with Gasteiger partial charge in [-0.25, -0.2) is 8.78 Å². The predicted octanol–water partition coefficient (Wildman–Crippen LogP) is 4.00. The van der Waals surface area contributed by atoms with Crippen molar-refractivity contribution >= 4 is 40.2 Å². The lowest BCUT2D eigenvalue weighted by Crippen LogP contribution is -2.12. The van der Waals surface area contributed by atoms with Crippen molar-refractivity contribution in [3.63, 3.8) is 0 Å². The molecule has 19 heavy (non-hydrogen) atoms. The van der Waals surface area contributed by atoms with Crippen LogP contribution in [0, 0.1) is 11.6 Å². The molecule has 0 aliphatic carbocycles. The van der Waals surface area contributed by atoms with Crippen LogP contribution in [0.15, 0.2) is 36.4 Å². The minimum Gasteiger partial charge on any atom is -0.389 e. The van der Waals surface area contributed by atoms with E-state index in [4.69, 9.17) is 29.6 Å². The zero-order valence-electron chi connectivity index (χ0n) is 9.58. The van der Waals surface area contributed by atoms with Gasteiger partial charge in [0, 0.05) is 11.3 Å². The van der Waals surface area contributed by atoms with Crippen LogP contribution in [-0.4, -0.2) is 4.99 Å². The van der Waals surface area contributed by atoms with E-state index in [0.29, 0.717) is 16.9 Å². The molecule has 0 spiro atoms. The van der Waals surface area contributed by atoms with Gasteiger partial charge in [-0.1, -0.05) is 23.8 Å². The first-order valence-electron chi connectivity index (χ1n) is 5.29. The summed E-state index contributed by atoms with van der Waals surface area (Å²) in [6.45, 7) is 0. The molecule has 0 bridgehead atoms. The summed E-state index contributed by atoms with van der Waals surface area (Å²) in [6.07, 6.45) is 0. The summed E-state index contributed by atoms with van der Waals surface area (Å²) in [5, 5.41) is 3.15. The van der Waals surface area contributed by atoms with Crippen LogP contribution in [0.2, 0.25) is 5.02 Å². The maximum Gasteiger partial charge on any atom is 0.124 e. The van der Waals surface area contributed by atoms with Crippen LogP contribution in [0.25, 0.3) is 0 Å². The van der Waals surface area contributed by atoms with E-state index in [1.165, 1.54) is 36.4 Å². The topological polar surface area (TPSA) is 38.0 Å². The summed E-state index contributed by atoms with van der Waals surface area (Å²) < 4.78 is 26.1. The number of benzene rings is 2. The Morgan fingerprint density at radius 3 is 2.21 bits per heavy atom. The molecule has 2 aromatic carbocycles. The molecule has 0 heterocycles. The Balaban J connectivity index is 2.40. The van der Waals surface area contributed by atoms with Crippen LogP contribution < -0.4 is 11.1 Å². The number of rotatable bonds is 3. The molecule has 98 valence electrons. The number of nitrogens with one attached hydrogen (secondary N) is 1. The molecule has 0 saturated heterocycles. The summed E-state index contributed by atoms with van der Waals surface area (Å²) in [6, 6.07) is 7.89. The smallest absolute Gasteiger partial charge is 0.124 e. The molecule has 0 radical (unpaired) electrons. The van der Waals surface area contributed by atoms with Crippen molar-refractivity contribution in [3.05, 3.63) is 58.6 Å². The number of thiocarbonyl (C=S) groups is 1. The summed E-state index contributed by atoms with van der Waals surface area (Å²) >= 11 is 10.8. The number of anilines is 2. The van der Waals surface area contributed by atoms with E-state index in [1.807, 2.05) is 0 Å². The third-order valence-electron chi connectivity index (χ3n) is 2.45. The molecule has 0 aromatic heterocycles. The second-order valence-corrected chi connectivity index (χ2v) is 4.65. The van der Waals surface area contributed by atoms with Gasteiger partial charge in [-0.3, -0.25) is 0 Å². The van der Waals surface area contributed by atoms with E-state index < -0.39 is 11.6 Å². The van der Waals surface area contributed by atoms with E-state index in [1.54, 1.807) is 0 Å². The third-order valence-corrected chi connectivity index (χ3v) is 2.98. The van der Waals surface area contributed by atoms with Crippen molar-refractivity contribution < 1.29 is 8.78 Å². The van der Waals surface area contributed by atoms with E-state index in [9.17, 15) is 8.78 Å². The molecule has 2 nitrogen and oxygen atoms in total. The number of halogens is 3. The second kappa shape index (κ2) is 5.50. The summed E-state index contributed by atoms with van der Waals surface area (Å²) in [5.74, 6) is -0.886. The lowest BCUT2D eigenvalue weighted by molar-refractivity contribution is 0.628. The van der Waals surface area contributed by atoms with Crippen LogP contribution in [0.5, 0.6) is 0 Å². The SMILES string of the molecule is NC(=S)c1cc(F)ccc1Nc1ccc(F)cc1Cl. The molecule has 0 aliphatic heterocycles. The zero-order valence-corrected chi connectivity index (χ0v) is 11.2. The van der Waals surface area contributed by atoms with Crippen molar-refractivity contribution in [2.45, 2.75) is 0 Å². The average molecular weight is 299 g/mol. The quantitative estimate of drug-likeness (QED) is 0.841. The van der Waals surface area contributed by atoms with Crippen LogP contribution in [0.3, 0.4) is 0 Å². The lowest BCUT2D eigenvalue weighted by Gasteiger charge is -2.12. The minimum absolute atomic E-state index is 0.0558. The van der Waals surface area contributed by atoms with Crippen molar-refractivity contribution in [2.24, 2.45) is 5.73 Å². The molecule has 3 N–H and O–H groups in total. The third kappa shape index (κ3) is 3.19. The first-order valence-corrected chi connectivity index (χ1v) is 6.07. The zero-order chi connectivity index (χ0) is 14.0.